The number of hydrogen-bond donors (Lipinski definition) is 0. The molecule has 6 nitrogen and oxygen atoms in total. The molecule has 1 aromatic carbocycles. The maximum absolute atomic E-state index is 14.1. The Hall–Kier alpha value is -3.27. The van der Waals surface area contributed by atoms with Gasteiger partial charge in [0.15, 0.2) is 5.65 Å². The van der Waals surface area contributed by atoms with E-state index in [1.54, 1.807) is 35.8 Å². The number of carbonyl (C=O) groups is 1. The highest BCUT2D eigenvalue weighted by Gasteiger charge is 2.16. The Kier molecular flexibility index (Phi) is 3.73. The average Bonchev–Trinajstić information content (AvgIpc) is 2.89. The lowest BCUT2D eigenvalue weighted by molar-refractivity contribution is -0.116. The van der Waals surface area contributed by atoms with Crippen LogP contribution in [-0.4, -0.2) is 27.6 Å². The summed E-state index contributed by atoms with van der Waals surface area (Å²) in [6.07, 6.45) is 1.57. The molecule has 0 N–H and O–H groups in total. The standard InChI is InChI=1S/C17H14FN5O/c1-10-13(9-19)17-20-7-6-15(23(17)21-10)12-4-5-14(18)16(8-12)22(3)11(2)24/h4-8H,1-3H3. The Morgan fingerprint density at radius 1 is 1.38 bits per heavy atom. The fourth-order valence-corrected chi connectivity index (χ4v) is 2.50. The minimum atomic E-state index is -0.490. The van der Waals surface area contributed by atoms with Gasteiger partial charge in [0.1, 0.15) is 17.4 Å². The van der Waals surface area contributed by atoms with Gasteiger partial charge in [0.05, 0.1) is 17.1 Å². The lowest BCUT2D eigenvalue weighted by atomic mass is 10.1. The first kappa shape index (κ1) is 15.6. The van der Waals surface area contributed by atoms with E-state index in [-0.39, 0.29) is 11.6 Å². The lowest BCUT2D eigenvalue weighted by Crippen LogP contribution is -2.23. The van der Waals surface area contributed by atoms with Gasteiger partial charge < -0.3 is 4.90 Å². The summed E-state index contributed by atoms with van der Waals surface area (Å²) in [7, 11) is 1.51. The van der Waals surface area contributed by atoms with Crippen molar-refractivity contribution < 1.29 is 9.18 Å². The van der Waals surface area contributed by atoms with Crippen molar-refractivity contribution in [3.8, 4) is 17.3 Å². The number of rotatable bonds is 2. The molecule has 0 bridgehead atoms. The minimum absolute atomic E-state index is 0.175. The summed E-state index contributed by atoms with van der Waals surface area (Å²) in [5, 5.41) is 13.6. The second-order valence-corrected chi connectivity index (χ2v) is 5.38. The SMILES string of the molecule is CC(=O)N(C)c1cc(-c2ccnc3c(C#N)c(C)nn23)ccc1F. The molecule has 0 saturated carbocycles. The van der Waals surface area contributed by atoms with Gasteiger partial charge in [-0.2, -0.15) is 10.4 Å². The molecule has 120 valence electrons. The molecule has 0 fully saturated rings. The van der Waals surface area contributed by atoms with Crippen LogP contribution in [0.25, 0.3) is 16.9 Å². The molecule has 2 aromatic heterocycles. The van der Waals surface area contributed by atoms with Gasteiger partial charge in [0.2, 0.25) is 5.91 Å². The number of anilines is 1. The van der Waals surface area contributed by atoms with Crippen LogP contribution in [0.2, 0.25) is 0 Å². The van der Waals surface area contributed by atoms with Crippen molar-refractivity contribution in [1.29, 1.82) is 5.26 Å². The Morgan fingerprint density at radius 2 is 2.12 bits per heavy atom. The van der Waals surface area contributed by atoms with Crippen LogP contribution in [0, 0.1) is 24.1 Å². The van der Waals surface area contributed by atoms with Gasteiger partial charge >= 0.3 is 0 Å². The van der Waals surface area contributed by atoms with Crippen LogP contribution in [0.1, 0.15) is 18.2 Å². The highest BCUT2D eigenvalue weighted by molar-refractivity contribution is 5.91. The smallest absolute Gasteiger partial charge is 0.223 e. The molecule has 0 saturated heterocycles. The van der Waals surface area contributed by atoms with E-state index in [4.69, 9.17) is 0 Å². The zero-order chi connectivity index (χ0) is 17.4. The molecule has 0 unspecified atom stereocenters. The van der Waals surface area contributed by atoms with Crippen LogP contribution in [0.15, 0.2) is 30.5 Å². The number of fused-ring (bicyclic) bond motifs is 1. The van der Waals surface area contributed by atoms with E-state index in [1.807, 2.05) is 0 Å². The van der Waals surface area contributed by atoms with Gasteiger partial charge in [-0.15, -0.1) is 0 Å². The number of hydrogen-bond acceptors (Lipinski definition) is 4. The highest BCUT2D eigenvalue weighted by atomic mass is 19.1. The van der Waals surface area contributed by atoms with E-state index in [2.05, 4.69) is 16.2 Å². The lowest BCUT2D eigenvalue weighted by Gasteiger charge is -2.17. The minimum Gasteiger partial charge on any atom is -0.313 e. The first-order valence-electron chi connectivity index (χ1n) is 7.22. The number of nitrogens with zero attached hydrogens (tertiary/aromatic N) is 5. The summed E-state index contributed by atoms with van der Waals surface area (Å²) in [6.45, 7) is 3.10. The summed E-state index contributed by atoms with van der Waals surface area (Å²) >= 11 is 0. The van der Waals surface area contributed by atoms with E-state index in [0.717, 1.165) is 0 Å². The van der Waals surface area contributed by atoms with E-state index in [9.17, 15) is 14.4 Å². The maximum Gasteiger partial charge on any atom is 0.223 e. The topological polar surface area (TPSA) is 74.3 Å². The van der Waals surface area contributed by atoms with E-state index in [1.165, 1.54) is 24.9 Å². The van der Waals surface area contributed by atoms with Crippen molar-refractivity contribution in [2.24, 2.45) is 0 Å². The van der Waals surface area contributed by atoms with Crippen molar-refractivity contribution in [2.45, 2.75) is 13.8 Å². The van der Waals surface area contributed by atoms with Crippen LogP contribution >= 0.6 is 0 Å². The van der Waals surface area contributed by atoms with Crippen LogP contribution in [0.3, 0.4) is 0 Å². The zero-order valence-corrected chi connectivity index (χ0v) is 13.4. The van der Waals surface area contributed by atoms with E-state index in [0.29, 0.717) is 28.2 Å². The molecule has 0 aliphatic rings. The molecule has 0 spiro atoms. The predicted molar refractivity (Wildman–Crippen MR) is 86.9 cm³/mol. The molecular formula is C17H14FN5O. The number of benzene rings is 1. The largest absolute Gasteiger partial charge is 0.313 e. The third-order valence-electron chi connectivity index (χ3n) is 3.88. The predicted octanol–water partition coefficient (Wildman–Crippen LogP) is 2.70. The first-order valence-corrected chi connectivity index (χ1v) is 7.22. The number of nitriles is 1. The van der Waals surface area contributed by atoms with Gasteiger partial charge in [-0.3, -0.25) is 4.79 Å². The molecule has 7 heteroatoms. The van der Waals surface area contributed by atoms with E-state index < -0.39 is 5.82 Å². The van der Waals surface area contributed by atoms with Gasteiger partial charge in [-0.1, -0.05) is 0 Å². The molecule has 0 aliphatic heterocycles. The Labute approximate surface area is 137 Å². The maximum atomic E-state index is 14.1. The summed E-state index contributed by atoms with van der Waals surface area (Å²) in [4.78, 5) is 17.0. The average molecular weight is 323 g/mol. The normalized spacial score (nSPS) is 10.6. The molecule has 0 aliphatic carbocycles. The quantitative estimate of drug-likeness (QED) is 0.727. The molecular weight excluding hydrogens is 309 g/mol. The third-order valence-corrected chi connectivity index (χ3v) is 3.88. The molecule has 2 heterocycles. The molecule has 1 amide bonds. The number of aryl methyl sites for hydroxylation is 1. The molecule has 0 atom stereocenters. The summed E-state index contributed by atoms with van der Waals surface area (Å²) < 4.78 is 15.6. The molecule has 3 rings (SSSR count). The van der Waals surface area contributed by atoms with E-state index >= 15 is 0 Å². The monoisotopic (exact) mass is 323 g/mol. The fraction of sp³-hybridized carbons (Fsp3) is 0.176. The van der Waals surface area contributed by atoms with Crippen molar-refractivity contribution in [3.05, 3.63) is 47.5 Å². The van der Waals surface area contributed by atoms with Gasteiger partial charge in [0.25, 0.3) is 0 Å². The van der Waals surface area contributed by atoms with Gasteiger partial charge in [-0.05, 0) is 31.2 Å². The van der Waals surface area contributed by atoms with Crippen molar-refractivity contribution in [3.63, 3.8) is 0 Å². The molecule has 0 radical (unpaired) electrons. The van der Waals surface area contributed by atoms with Crippen LogP contribution in [-0.2, 0) is 4.79 Å². The number of amides is 1. The zero-order valence-electron chi connectivity index (χ0n) is 13.4. The molecule has 24 heavy (non-hydrogen) atoms. The van der Waals surface area contributed by atoms with Gasteiger partial charge in [-0.25, -0.2) is 13.9 Å². The van der Waals surface area contributed by atoms with Crippen molar-refractivity contribution in [1.82, 2.24) is 14.6 Å². The highest BCUT2D eigenvalue weighted by Crippen LogP contribution is 2.28. The molecule has 3 aromatic rings. The Morgan fingerprint density at radius 3 is 2.79 bits per heavy atom. The number of carbonyl (C=O) groups excluding carboxylic acids is 1. The van der Waals surface area contributed by atoms with Crippen LogP contribution in [0.4, 0.5) is 10.1 Å². The Bertz CT molecular complexity index is 1000. The van der Waals surface area contributed by atoms with Crippen LogP contribution < -0.4 is 4.90 Å². The van der Waals surface area contributed by atoms with Crippen LogP contribution in [0.5, 0.6) is 0 Å². The van der Waals surface area contributed by atoms with Crippen molar-refractivity contribution >= 4 is 17.2 Å². The number of halogens is 1. The fourth-order valence-electron chi connectivity index (χ4n) is 2.50. The third kappa shape index (κ3) is 2.38. The Balaban J connectivity index is 2.24. The first-order chi connectivity index (χ1) is 11.4. The second kappa shape index (κ2) is 5.74. The summed E-state index contributed by atoms with van der Waals surface area (Å²) in [6, 6.07) is 8.30. The number of aromatic nitrogens is 3. The second-order valence-electron chi connectivity index (χ2n) is 5.38. The summed E-state index contributed by atoms with van der Waals surface area (Å²) in [5.41, 5.74) is 2.91. The summed E-state index contributed by atoms with van der Waals surface area (Å²) in [5.74, 6) is -0.760. The van der Waals surface area contributed by atoms with Crippen molar-refractivity contribution in [2.75, 3.05) is 11.9 Å². The van der Waals surface area contributed by atoms with Gasteiger partial charge in [0, 0.05) is 25.7 Å².